The van der Waals surface area contributed by atoms with Gasteiger partial charge >= 0.3 is 0 Å². The fourth-order valence-electron chi connectivity index (χ4n) is 2.16. The van der Waals surface area contributed by atoms with Gasteiger partial charge in [0.1, 0.15) is 5.75 Å². The SMILES string of the molecule is Cc1cccc(O[C@@H](C)C(=O)NCCSCc2ccc(Cl)c(Cl)c2)c1. The quantitative estimate of drug-likeness (QED) is 0.628. The molecule has 0 aliphatic rings. The summed E-state index contributed by atoms with van der Waals surface area (Å²) in [5.41, 5.74) is 2.21. The van der Waals surface area contributed by atoms with Gasteiger partial charge in [-0.15, -0.1) is 0 Å². The molecular formula is C19H21Cl2NO2S. The Labute approximate surface area is 163 Å². The lowest BCUT2D eigenvalue weighted by atomic mass is 10.2. The number of benzene rings is 2. The lowest BCUT2D eigenvalue weighted by Gasteiger charge is -2.15. The molecule has 0 aliphatic carbocycles. The minimum Gasteiger partial charge on any atom is -0.481 e. The molecule has 2 aromatic carbocycles. The van der Waals surface area contributed by atoms with Crippen LogP contribution in [0.1, 0.15) is 18.1 Å². The number of nitrogens with one attached hydrogen (secondary N) is 1. The van der Waals surface area contributed by atoms with Crippen LogP contribution in [0.25, 0.3) is 0 Å². The number of aryl methyl sites for hydroxylation is 1. The minimum atomic E-state index is -0.526. The lowest BCUT2D eigenvalue weighted by Crippen LogP contribution is -2.37. The van der Waals surface area contributed by atoms with Crippen molar-refractivity contribution in [3.05, 3.63) is 63.6 Å². The van der Waals surface area contributed by atoms with Crippen molar-refractivity contribution in [1.82, 2.24) is 5.32 Å². The van der Waals surface area contributed by atoms with Crippen molar-refractivity contribution in [2.24, 2.45) is 0 Å². The van der Waals surface area contributed by atoms with E-state index in [0.29, 0.717) is 22.3 Å². The van der Waals surface area contributed by atoms with Crippen molar-refractivity contribution in [2.45, 2.75) is 25.7 Å². The first-order valence-corrected chi connectivity index (χ1v) is 9.89. The number of ether oxygens (including phenoxy) is 1. The molecule has 0 spiro atoms. The lowest BCUT2D eigenvalue weighted by molar-refractivity contribution is -0.127. The summed E-state index contributed by atoms with van der Waals surface area (Å²) in [5.74, 6) is 2.22. The molecule has 0 heterocycles. The summed E-state index contributed by atoms with van der Waals surface area (Å²) in [6.45, 7) is 4.33. The molecular weight excluding hydrogens is 377 g/mol. The smallest absolute Gasteiger partial charge is 0.260 e. The molecule has 1 amide bonds. The van der Waals surface area contributed by atoms with E-state index in [9.17, 15) is 4.79 Å². The van der Waals surface area contributed by atoms with E-state index >= 15 is 0 Å². The topological polar surface area (TPSA) is 38.3 Å². The molecule has 134 valence electrons. The molecule has 2 rings (SSSR count). The number of hydrogen-bond donors (Lipinski definition) is 1. The first-order valence-electron chi connectivity index (χ1n) is 7.98. The van der Waals surface area contributed by atoms with Crippen molar-refractivity contribution in [3.63, 3.8) is 0 Å². The average Bonchev–Trinajstić information content (AvgIpc) is 2.57. The van der Waals surface area contributed by atoms with E-state index in [1.165, 1.54) is 0 Å². The molecule has 3 nitrogen and oxygen atoms in total. The Morgan fingerprint density at radius 1 is 1.20 bits per heavy atom. The van der Waals surface area contributed by atoms with E-state index in [0.717, 1.165) is 22.6 Å². The Morgan fingerprint density at radius 2 is 2.00 bits per heavy atom. The van der Waals surface area contributed by atoms with Crippen molar-refractivity contribution in [3.8, 4) is 5.75 Å². The number of hydrogen-bond acceptors (Lipinski definition) is 3. The third-order valence-corrected chi connectivity index (χ3v) is 5.24. The van der Waals surface area contributed by atoms with Crippen LogP contribution in [0.5, 0.6) is 5.75 Å². The summed E-state index contributed by atoms with van der Waals surface area (Å²) in [7, 11) is 0. The van der Waals surface area contributed by atoms with Crippen LogP contribution >= 0.6 is 35.0 Å². The van der Waals surface area contributed by atoms with Crippen molar-refractivity contribution in [2.75, 3.05) is 12.3 Å². The van der Waals surface area contributed by atoms with Crippen molar-refractivity contribution in [1.29, 1.82) is 0 Å². The number of carbonyl (C=O) groups excluding carboxylic acids is 1. The maximum Gasteiger partial charge on any atom is 0.260 e. The maximum atomic E-state index is 12.1. The van der Waals surface area contributed by atoms with Gasteiger partial charge in [0.05, 0.1) is 10.0 Å². The number of rotatable bonds is 8. The number of amides is 1. The highest BCUT2D eigenvalue weighted by Crippen LogP contribution is 2.24. The number of thioether (sulfide) groups is 1. The van der Waals surface area contributed by atoms with Gasteiger partial charge in [0.25, 0.3) is 5.91 Å². The predicted molar refractivity (Wildman–Crippen MR) is 107 cm³/mol. The Morgan fingerprint density at radius 3 is 2.72 bits per heavy atom. The molecule has 6 heteroatoms. The summed E-state index contributed by atoms with van der Waals surface area (Å²) < 4.78 is 5.66. The fourth-order valence-corrected chi connectivity index (χ4v) is 3.28. The minimum absolute atomic E-state index is 0.114. The second-order valence-electron chi connectivity index (χ2n) is 5.67. The van der Waals surface area contributed by atoms with Crippen LogP contribution in [-0.2, 0) is 10.5 Å². The Balaban J connectivity index is 1.66. The summed E-state index contributed by atoms with van der Waals surface area (Å²) in [6, 6.07) is 13.3. The molecule has 0 bridgehead atoms. The zero-order valence-electron chi connectivity index (χ0n) is 14.2. The zero-order valence-corrected chi connectivity index (χ0v) is 16.5. The van der Waals surface area contributed by atoms with E-state index in [1.54, 1.807) is 24.8 Å². The Bertz CT molecular complexity index is 724. The third-order valence-electron chi connectivity index (χ3n) is 3.47. The standard InChI is InChI=1S/C19H21Cl2NO2S/c1-13-4-3-5-16(10-13)24-14(2)19(23)22-8-9-25-12-15-6-7-17(20)18(21)11-15/h3-7,10-11,14H,8-9,12H2,1-2H3,(H,22,23)/t14-/m0/s1. The van der Waals surface area contributed by atoms with Crippen molar-refractivity contribution >= 4 is 40.9 Å². The van der Waals surface area contributed by atoms with E-state index in [2.05, 4.69) is 5.32 Å². The average molecular weight is 398 g/mol. The first-order chi connectivity index (χ1) is 12.0. The number of halogens is 2. The molecule has 2 aromatic rings. The Hall–Kier alpha value is -1.36. The molecule has 1 N–H and O–H groups in total. The summed E-state index contributed by atoms with van der Waals surface area (Å²) in [5, 5.41) is 4.02. The normalized spacial score (nSPS) is 11.8. The molecule has 0 aromatic heterocycles. The van der Waals surface area contributed by atoms with Crippen LogP contribution in [0.2, 0.25) is 10.0 Å². The van der Waals surface area contributed by atoms with Gasteiger partial charge < -0.3 is 10.1 Å². The van der Waals surface area contributed by atoms with Gasteiger partial charge in [-0.2, -0.15) is 11.8 Å². The highest BCUT2D eigenvalue weighted by molar-refractivity contribution is 7.98. The predicted octanol–water partition coefficient (Wildman–Crippen LogP) is 5.12. The molecule has 25 heavy (non-hydrogen) atoms. The van der Waals surface area contributed by atoms with Crippen LogP contribution < -0.4 is 10.1 Å². The van der Waals surface area contributed by atoms with Gasteiger partial charge in [-0.3, -0.25) is 4.79 Å². The molecule has 0 radical (unpaired) electrons. The van der Waals surface area contributed by atoms with E-state index < -0.39 is 6.10 Å². The van der Waals surface area contributed by atoms with Crippen LogP contribution in [0, 0.1) is 6.92 Å². The fraction of sp³-hybridized carbons (Fsp3) is 0.316. The van der Waals surface area contributed by atoms with E-state index in [1.807, 2.05) is 43.3 Å². The van der Waals surface area contributed by atoms with E-state index in [-0.39, 0.29) is 5.91 Å². The van der Waals surface area contributed by atoms with Gasteiger partial charge in [-0.05, 0) is 49.2 Å². The number of carbonyl (C=O) groups is 1. The third kappa shape index (κ3) is 6.81. The van der Waals surface area contributed by atoms with Gasteiger partial charge in [0.2, 0.25) is 0 Å². The summed E-state index contributed by atoms with van der Waals surface area (Å²) in [6.07, 6.45) is -0.526. The highest BCUT2D eigenvalue weighted by Gasteiger charge is 2.13. The zero-order chi connectivity index (χ0) is 18.2. The molecule has 0 saturated heterocycles. The highest BCUT2D eigenvalue weighted by atomic mass is 35.5. The Kier molecular flexibility index (Phi) is 7.94. The van der Waals surface area contributed by atoms with Crippen LogP contribution in [0.15, 0.2) is 42.5 Å². The second-order valence-corrected chi connectivity index (χ2v) is 7.59. The summed E-state index contributed by atoms with van der Waals surface area (Å²) in [4.78, 5) is 12.1. The maximum absolute atomic E-state index is 12.1. The molecule has 0 aliphatic heterocycles. The second kappa shape index (κ2) is 9.95. The van der Waals surface area contributed by atoms with E-state index in [4.69, 9.17) is 27.9 Å². The van der Waals surface area contributed by atoms with Crippen molar-refractivity contribution < 1.29 is 9.53 Å². The first kappa shape index (κ1) is 20.0. The largest absolute Gasteiger partial charge is 0.481 e. The van der Waals surface area contributed by atoms with Crippen LogP contribution in [0.3, 0.4) is 0 Å². The van der Waals surface area contributed by atoms with Crippen LogP contribution in [0.4, 0.5) is 0 Å². The molecule has 1 atom stereocenters. The monoisotopic (exact) mass is 397 g/mol. The van der Waals surface area contributed by atoms with Gasteiger partial charge in [0.15, 0.2) is 6.10 Å². The van der Waals surface area contributed by atoms with Gasteiger partial charge in [0, 0.05) is 18.1 Å². The van der Waals surface area contributed by atoms with Gasteiger partial charge in [-0.1, -0.05) is 41.4 Å². The summed E-state index contributed by atoms with van der Waals surface area (Å²) >= 11 is 13.6. The van der Waals surface area contributed by atoms with Gasteiger partial charge in [-0.25, -0.2) is 0 Å². The molecule has 0 fully saturated rings. The molecule has 0 saturated carbocycles. The van der Waals surface area contributed by atoms with Crippen LogP contribution in [-0.4, -0.2) is 24.3 Å². The molecule has 0 unspecified atom stereocenters.